The van der Waals surface area contributed by atoms with Crippen LogP contribution in [0.25, 0.3) is 0 Å². The summed E-state index contributed by atoms with van der Waals surface area (Å²) in [5.41, 5.74) is 3.32. The van der Waals surface area contributed by atoms with Crippen molar-refractivity contribution in [2.75, 3.05) is 6.61 Å². The lowest BCUT2D eigenvalue weighted by atomic mass is 10.2. The van der Waals surface area contributed by atoms with Crippen LogP contribution in [0.2, 0.25) is 37.8 Å². The molecule has 0 rings (SSSR count). The van der Waals surface area contributed by atoms with Crippen molar-refractivity contribution in [2.24, 2.45) is 5.92 Å². The van der Waals surface area contributed by atoms with Crippen molar-refractivity contribution in [1.82, 2.24) is 0 Å². The van der Waals surface area contributed by atoms with Gasteiger partial charge in [-0.25, -0.2) is 0 Å². The lowest BCUT2D eigenvalue weighted by Gasteiger charge is -2.36. The highest BCUT2D eigenvalue weighted by Crippen LogP contribution is 2.36. The largest absolute Gasteiger partial charge is 0.416 e. The third-order valence-electron chi connectivity index (χ3n) is 3.69. The number of hydrogen-bond donors (Lipinski definition) is 0. The van der Waals surface area contributed by atoms with E-state index in [1.54, 1.807) is 0 Å². The molecular formula is C18H34OSi2. The van der Waals surface area contributed by atoms with Crippen molar-refractivity contribution >= 4 is 16.4 Å². The molecule has 0 aromatic rings. The van der Waals surface area contributed by atoms with Crippen LogP contribution in [0.3, 0.4) is 0 Å². The van der Waals surface area contributed by atoms with Gasteiger partial charge in [-0.15, -0.1) is 5.54 Å². The third-order valence-corrected chi connectivity index (χ3v) is 9.09. The van der Waals surface area contributed by atoms with Crippen LogP contribution in [-0.2, 0) is 4.43 Å². The van der Waals surface area contributed by atoms with E-state index in [-0.39, 0.29) is 5.04 Å². The van der Waals surface area contributed by atoms with Crippen molar-refractivity contribution in [3.63, 3.8) is 0 Å². The van der Waals surface area contributed by atoms with Crippen LogP contribution < -0.4 is 0 Å². The predicted molar refractivity (Wildman–Crippen MR) is 102 cm³/mol. The summed E-state index contributed by atoms with van der Waals surface area (Å²) in [5.74, 6) is 3.57. The van der Waals surface area contributed by atoms with Crippen LogP contribution in [0, 0.1) is 17.4 Å². The van der Waals surface area contributed by atoms with E-state index in [0.717, 1.165) is 6.61 Å². The molecule has 0 aliphatic heterocycles. The monoisotopic (exact) mass is 322 g/mol. The first-order valence-corrected chi connectivity index (χ1v) is 14.3. The van der Waals surface area contributed by atoms with Crippen molar-refractivity contribution in [3.05, 3.63) is 24.3 Å². The van der Waals surface area contributed by atoms with Crippen molar-refractivity contribution < 1.29 is 4.43 Å². The Hall–Kier alpha value is -0.566. The molecule has 0 aliphatic carbocycles. The van der Waals surface area contributed by atoms with E-state index >= 15 is 0 Å². The number of rotatable bonds is 5. The molecule has 0 radical (unpaired) electrons. The molecule has 0 aromatic carbocycles. The molecule has 3 heteroatoms. The van der Waals surface area contributed by atoms with Gasteiger partial charge in [-0.3, -0.25) is 0 Å². The van der Waals surface area contributed by atoms with Gasteiger partial charge >= 0.3 is 0 Å². The summed E-state index contributed by atoms with van der Waals surface area (Å²) in [6, 6.07) is 0. The Labute approximate surface area is 135 Å². The first kappa shape index (κ1) is 20.4. The van der Waals surface area contributed by atoms with Crippen LogP contribution in [0.1, 0.15) is 27.7 Å². The first-order chi connectivity index (χ1) is 9.35. The summed E-state index contributed by atoms with van der Waals surface area (Å²) >= 11 is 0. The second-order valence-corrected chi connectivity index (χ2v) is 17.9. The fourth-order valence-corrected chi connectivity index (χ4v) is 2.86. The molecule has 120 valence electrons. The van der Waals surface area contributed by atoms with E-state index in [2.05, 4.69) is 84.0 Å². The standard InChI is InChI=1S/C18H34OSi2/c1-17(16-19-21(8,9)18(2,3)4)14-12-10-11-13-15-20(5,6)7/h10-12,14,17H,16H2,1-9H3/b11-10+,14-12+/t17-/m0/s1. The fraction of sp³-hybridized carbons (Fsp3) is 0.667. The second kappa shape index (κ2) is 8.17. The van der Waals surface area contributed by atoms with Gasteiger partial charge in [0.25, 0.3) is 0 Å². The Kier molecular flexibility index (Phi) is 7.95. The van der Waals surface area contributed by atoms with Gasteiger partial charge in [-0.1, -0.05) is 71.5 Å². The Morgan fingerprint density at radius 2 is 1.62 bits per heavy atom. The molecule has 0 N–H and O–H groups in total. The van der Waals surface area contributed by atoms with Crippen LogP contribution in [0.15, 0.2) is 24.3 Å². The highest BCUT2D eigenvalue weighted by Gasteiger charge is 2.37. The third kappa shape index (κ3) is 9.89. The number of hydrogen-bond acceptors (Lipinski definition) is 1. The maximum absolute atomic E-state index is 6.22. The molecule has 0 unspecified atom stereocenters. The van der Waals surface area contributed by atoms with Crippen molar-refractivity contribution in [3.8, 4) is 11.5 Å². The summed E-state index contributed by atoms with van der Waals surface area (Å²) in [4.78, 5) is 0. The fourth-order valence-electron chi connectivity index (χ4n) is 1.23. The normalized spacial score (nSPS) is 15.3. The van der Waals surface area contributed by atoms with Gasteiger partial charge in [0.1, 0.15) is 8.07 Å². The van der Waals surface area contributed by atoms with Gasteiger partial charge in [0.2, 0.25) is 0 Å². The quantitative estimate of drug-likeness (QED) is 0.362. The SMILES string of the molecule is C[C@@H](/C=C/C=C/C#C[Si](C)(C)C)CO[Si](C)(C)C(C)(C)C. The minimum atomic E-state index is -1.62. The zero-order valence-electron chi connectivity index (χ0n) is 15.5. The minimum Gasteiger partial charge on any atom is -0.416 e. The van der Waals surface area contributed by atoms with Crippen LogP contribution in [-0.4, -0.2) is 23.0 Å². The molecule has 21 heavy (non-hydrogen) atoms. The lowest BCUT2D eigenvalue weighted by Crippen LogP contribution is -2.41. The molecule has 0 aromatic heterocycles. The number of allylic oxidation sites excluding steroid dienone is 3. The summed E-state index contributed by atoms with van der Waals surface area (Å²) in [7, 11) is -2.86. The van der Waals surface area contributed by atoms with Gasteiger partial charge in [-0.2, -0.15) is 0 Å². The van der Waals surface area contributed by atoms with Gasteiger partial charge in [0, 0.05) is 6.61 Å². The molecule has 0 saturated carbocycles. The molecule has 0 heterocycles. The average Bonchev–Trinajstić information content (AvgIpc) is 2.28. The maximum atomic E-state index is 6.22. The van der Waals surface area contributed by atoms with Gasteiger partial charge < -0.3 is 4.43 Å². The first-order valence-electron chi connectivity index (χ1n) is 7.85. The Morgan fingerprint density at radius 3 is 2.10 bits per heavy atom. The Bertz CT molecular complexity index is 423. The minimum absolute atomic E-state index is 0.281. The van der Waals surface area contributed by atoms with Gasteiger partial charge in [0.15, 0.2) is 8.32 Å². The molecule has 0 bridgehead atoms. The Balaban J connectivity index is 4.27. The summed E-state index contributed by atoms with van der Waals surface area (Å²) in [5, 5.41) is 0.281. The zero-order chi connectivity index (χ0) is 16.7. The second-order valence-electron chi connectivity index (χ2n) is 8.31. The molecule has 0 aliphatic rings. The lowest BCUT2D eigenvalue weighted by molar-refractivity contribution is 0.259. The summed E-state index contributed by atoms with van der Waals surface area (Å²) in [6.07, 6.45) is 8.24. The van der Waals surface area contributed by atoms with E-state index in [4.69, 9.17) is 4.43 Å². The van der Waals surface area contributed by atoms with Gasteiger partial charge in [0.05, 0.1) is 0 Å². The molecule has 0 fully saturated rings. The Morgan fingerprint density at radius 1 is 1.05 bits per heavy atom. The summed E-state index contributed by atoms with van der Waals surface area (Å²) in [6.45, 7) is 21.2. The van der Waals surface area contributed by atoms with Gasteiger partial charge in [-0.05, 0) is 30.1 Å². The van der Waals surface area contributed by atoms with E-state index in [9.17, 15) is 0 Å². The summed E-state index contributed by atoms with van der Waals surface area (Å²) < 4.78 is 6.22. The van der Waals surface area contributed by atoms with Crippen LogP contribution in [0.5, 0.6) is 0 Å². The van der Waals surface area contributed by atoms with Crippen LogP contribution >= 0.6 is 0 Å². The van der Waals surface area contributed by atoms with E-state index in [1.807, 2.05) is 12.2 Å². The van der Waals surface area contributed by atoms with E-state index in [1.165, 1.54) is 0 Å². The highest BCUT2D eigenvalue weighted by atomic mass is 28.4. The average molecular weight is 323 g/mol. The zero-order valence-corrected chi connectivity index (χ0v) is 17.5. The molecule has 1 atom stereocenters. The molecule has 0 spiro atoms. The molecule has 1 nitrogen and oxygen atoms in total. The molecular weight excluding hydrogens is 288 g/mol. The predicted octanol–water partition coefficient (Wildman–Crippen LogP) is 5.64. The highest BCUT2D eigenvalue weighted by molar-refractivity contribution is 6.83. The van der Waals surface area contributed by atoms with E-state index < -0.39 is 16.4 Å². The van der Waals surface area contributed by atoms with E-state index in [0.29, 0.717) is 5.92 Å². The maximum Gasteiger partial charge on any atom is 0.192 e. The molecule has 0 amide bonds. The molecule has 0 saturated heterocycles. The van der Waals surface area contributed by atoms with Crippen molar-refractivity contribution in [2.45, 2.75) is 65.5 Å². The topological polar surface area (TPSA) is 9.23 Å². The smallest absolute Gasteiger partial charge is 0.192 e. The van der Waals surface area contributed by atoms with Crippen molar-refractivity contribution in [1.29, 1.82) is 0 Å². The van der Waals surface area contributed by atoms with Crippen LogP contribution in [0.4, 0.5) is 0 Å².